The van der Waals surface area contributed by atoms with Crippen molar-refractivity contribution in [3.05, 3.63) is 47.5 Å². The maximum absolute atomic E-state index is 13.8. The van der Waals surface area contributed by atoms with E-state index < -0.39 is 11.6 Å². The van der Waals surface area contributed by atoms with Gasteiger partial charge in [0.2, 0.25) is 5.91 Å². The lowest BCUT2D eigenvalue weighted by Gasteiger charge is -2.32. The highest BCUT2D eigenvalue weighted by Gasteiger charge is 2.22. The van der Waals surface area contributed by atoms with Crippen molar-refractivity contribution in [3.63, 3.8) is 0 Å². The van der Waals surface area contributed by atoms with Gasteiger partial charge in [0.05, 0.1) is 0 Å². The van der Waals surface area contributed by atoms with Crippen LogP contribution >= 0.6 is 24.0 Å². The molecule has 1 aliphatic rings. The van der Waals surface area contributed by atoms with E-state index in [1.807, 2.05) is 4.90 Å². The Hall–Kier alpha value is -1.71. The number of hydrogen-bond acceptors (Lipinski definition) is 2. The monoisotopic (exact) mass is 464 g/mol. The second-order valence-corrected chi connectivity index (χ2v) is 5.79. The summed E-state index contributed by atoms with van der Waals surface area (Å²) in [6.45, 7) is 5.01. The Morgan fingerprint density at radius 3 is 2.80 bits per heavy atom. The summed E-state index contributed by atoms with van der Waals surface area (Å²) < 4.78 is 27.3. The predicted molar refractivity (Wildman–Crippen MR) is 105 cm³/mol. The number of likely N-dealkylation sites (N-methyl/N-ethyl adjacent to an activating group) is 1. The number of carbonyl (C=O) groups excluding carboxylic acids is 1. The van der Waals surface area contributed by atoms with E-state index in [0.717, 1.165) is 6.07 Å². The number of nitrogens with one attached hydrogen (secondary N) is 1. The molecule has 1 amide bonds. The molecule has 0 radical (unpaired) electrons. The van der Waals surface area contributed by atoms with Crippen LogP contribution < -0.4 is 5.32 Å². The van der Waals surface area contributed by atoms with E-state index in [0.29, 0.717) is 43.1 Å². The Morgan fingerprint density at radius 2 is 2.16 bits per heavy atom. The zero-order valence-corrected chi connectivity index (χ0v) is 16.7. The molecule has 1 aromatic carbocycles. The third-order valence-electron chi connectivity index (χ3n) is 3.81. The fourth-order valence-corrected chi connectivity index (χ4v) is 2.51. The van der Waals surface area contributed by atoms with Crippen LogP contribution in [0.25, 0.3) is 0 Å². The summed E-state index contributed by atoms with van der Waals surface area (Å²) in [4.78, 5) is 19.4. The van der Waals surface area contributed by atoms with Gasteiger partial charge in [-0.15, -0.1) is 30.6 Å². The molecule has 2 rings (SSSR count). The molecule has 0 atom stereocenters. The first kappa shape index (κ1) is 21.3. The highest BCUT2D eigenvalue weighted by molar-refractivity contribution is 14.0. The molecule has 138 valence electrons. The number of amides is 1. The zero-order chi connectivity index (χ0) is 17.7. The maximum atomic E-state index is 13.8. The molecule has 0 bridgehead atoms. The Kier molecular flexibility index (Phi) is 8.27. The molecule has 0 spiro atoms. The lowest BCUT2D eigenvalue weighted by Crippen LogP contribution is -2.45. The van der Waals surface area contributed by atoms with E-state index in [1.165, 1.54) is 11.0 Å². The van der Waals surface area contributed by atoms with E-state index >= 15 is 0 Å². The third-order valence-corrected chi connectivity index (χ3v) is 3.81. The van der Waals surface area contributed by atoms with Crippen LogP contribution in [0.2, 0.25) is 0 Å². The summed E-state index contributed by atoms with van der Waals surface area (Å²) in [5.74, 6) is -0.693. The Bertz CT molecular complexity index is 664. The van der Waals surface area contributed by atoms with Crippen molar-refractivity contribution in [2.75, 3.05) is 33.7 Å². The molecule has 1 aromatic rings. The van der Waals surface area contributed by atoms with Crippen molar-refractivity contribution in [2.45, 2.75) is 13.0 Å². The molecule has 1 heterocycles. The second kappa shape index (κ2) is 9.69. The Labute approximate surface area is 163 Å². The highest BCUT2D eigenvalue weighted by atomic mass is 127. The van der Waals surface area contributed by atoms with Gasteiger partial charge in [-0.2, -0.15) is 0 Å². The van der Waals surface area contributed by atoms with Crippen LogP contribution in [0, 0.1) is 11.6 Å². The molecule has 1 aliphatic heterocycles. The topological polar surface area (TPSA) is 47.9 Å². The lowest BCUT2D eigenvalue weighted by atomic mass is 9.99. The molecule has 8 heteroatoms. The van der Waals surface area contributed by atoms with Gasteiger partial charge >= 0.3 is 0 Å². The maximum Gasteiger partial charge on any atom is 0.243 e. The minimum atomic E-state index is -0.589. The van der Waals surface area contributed by atoms with E-state index in [9.17, 15) is 13.6 Å². The van der Waals surface area contributed by atoms with Crippen LogP contribution in [-0.4, -0.2) is 55.4 Å². The van der Waals surface area contributed by atoms with Gasteiger partial charge in [-0.1, -0.05) is 6.08 Å². The van der Waals surface area contributed by atoms with Gasteiger partial charge in [-0.25, -0.2) is 13.8 Å². The number of halogens is 3. The Morgan fingerprint density at radius 1 is 1.44 bits per heavy atom. The third kappa shape index (κ3) is 5.65. The number of carbonyl (C=O) groups is 1. The molecule has 1 N–H and O–H groups in total. The fourth-order valence-electron chi connectivity index (χ4n) is 2.51. The molecule has 0 aromatic heterocycles. The summed E-state index contributed by atoms with van der Waals surface area (Å²) in [7, 11) is 3.33. The first-order valence-electron chi connectivity index (χ1n) is 7.73. The van der Waals surface area contributed by atoms with E-state index in [-0.39, 0.29) is 36.4 Å². The second-order valence-electron chi connectivity index (χ2n) is 5.79. The lowest BCUT2D eigenvalue weighted by molar-refractivity contribution is -0.127. The first-order chi connectivity index (χ1) is 11.4. The fraction of sp³-hybridized carbons (Fsp3) is 0.412. The quantitative estimate of drug-likeness (QED) is 0.322. The average Bonchev–Trinajstić information content (AvgIpc) is 2.53. The molecule has 5 nitrogen and oxygen atoms in total. The zero-order valence-electron chi connectivity index (χ0n) is 14.4. The van der Waals surface area contributed by atoms with Gasteiger partial charge < -0.3 is 15.1 Å². The molecule has 0 fully saturated rings. The number of aliphatic imine (C=N–C) groups is 1. The number of guanidine groups is 1. The van der Waals surface area contributed by atoms with E-state index in [1.54, 1.807) is 20.2 Å². The summed E-state index contributed by atoms with van der Waals surface area (Å²) in [6.07, 6.45) is 2.14. The van der Waals surface area contributed by atoms with Crippen molar-refractivity contribution in [1.29, 1.82) is 0 Å². The standard InChI is InChI=1S/C17H22F2N4O.HI/c1-4-6-20-17(21-10-16(24)22(2)3)23-7-5-14-12(11-23)8-13(18)9-15(14)19;/h4,8-9H,1,5-7,10-11H2,2-3H3,(H,20,21);1H. The van der Waals surface area contributed by atoms with Gasteiger partial charge in [-0.05, 0) is 23.6 Å². The van der Waals surface area contributed by atoms with Gasteiger partial charge in [-0.3, -0.25) is 4.79 Å². The molecule has 25 heavy (non-hydrogen) atoms. The van der Waals surface area contributed by atoms with Crippen LogP contribution in [-0.2, 0) is 17.8 Å². The predicted octanol–water partition coefficient (Wildman–Crippen LogP) is 2.16. The van der Waals surface area contributed by atoms with Gasteiger partial charge in [0, 0.05) is 39.8 Å². The van der Waals surface area contributed by atoms with Crippen LogP contribution in [0.5, 0.6) is 0 Å². The molecular formula is C17H23F2IN4O. The largest absolute Gasteiger partial charge is 0.353 e. The molecular weight excluding hydrogens is 441 g/mol. The van der Waals surface area contributed by atoms with Crippen LogP contribution in [0.1, 0.15) is 11.1 Å². The minimum Gasteiger partial charge on any atom is -0.353 e. The van der Waals surface area contributed by atoms with Crippen molar-refractivity contribution in [3.8, 4) is 0 Å². The molecule has 0 unspecified atom stereocenters. The number of benzene rings is 1. The highest BCUT2D eigenvalue weighted by Crippen LogP contribution is 2.23. The van der Waals surface area contributed by atoms with Crippen molar-refractivity contribution in [2.24, 2.45) is 4.99 Å². The minimum absolute atomic E-state index is 0. The Balaban J connectivity index is 0.00000312. The SMILES string of the molecule is C=CCNC(=NCC(=O)N(C)C)N1CCc2c(F)cc(F)cc2C1.I. The summed E-state index contributed by atoms with van der Waals surface area (Å²) in [6, 6.07) is 2.26. The number of nitrogens with zero attached hydrogens (tertiary/aromatic N) is 3. The van der Waals surface area contributed by atoms with Crippen LogP contribution in [0.3, 0.4) is 0 Å². The average molecular weight is 464 g/mol. The number of hydrogen-bond donors (Lipinski definition) is 1. The van der Waals surface area contributed by atoms with E-state index in [2.05, 4.69) is 16.9 Å². The van der Waals surface area contributed by atoms with Crippen LogP contribution in [0.15, 0.2) is 29.8 Å². The summed E-state index contributed by atoms with van der Waals surface area (Å²) in [5.41, 5.74) is 1.14. The summed E-state index contributed by atoms with van der Waals surface area (Å²) in [5, 5.41) is 3.09. The van der Waals surface area contributed by atoms with Gasteiger partial charge in [0.15, 0.2) is 5.96 Å². The molecule has 0 saturated heterocycles. The first-order valence-corrected chi connectivity index (χ1v) is 7.73. The number of fused-ring (bicyclic) bond motifs is 1. The van der Waals surface area contributed by atoms with Gasteiger partial charge in [0.1, 0.15) is 18.2 Å². The van der Waals surface area contributed by atoms with Crippen molar-refractivity contribution < 1.29 is 13.6 Å². The van der Waals surface area contributed by atoms with Crippen molar-refractivity contribution in [1.82, 2.24) is 15.1 Å². The van der Waals surface area contributed by atoms with E-state index in [4.69, 9.17) is 0 Å². The molecule has 0 aliphatic carbocycles. The number of rotatable bonds is 4. The van der Waals surface area contributed by atoms with Gasteiger partial charge in [0.25, 0.3) is 0 Å². The smallest absolute Gasteiger partial charge is 0.243 e. The summed E-state index contributed by atoms with van der Waals surface area (Å²) >= 11 is 0. The van der Waals surface area contributed by atoms with Crippen molar-refractivity contribution >= 4 is 35.8 Å². The van der Waals surface area contributed by atoms with Crippen LogP contribution in [0.4, 0.5) is 8.78 Å². The molecule has 0 saturated carbocycles. The normalized spacial score (nSPS) is 13.6.